The molecule has 1 rings (SSSR count). The summed E-state index contributed by atoms with van der Waals surface area (Å²) in [6, 6.07) is 7.50. The van der Waals surface area contributed by atoms with Crippen LogP contribution in [0.15, 0.2) is 24.3 Å². The topological polar surface area (TPSA) is 84.5 Å². The van der Waals surface area contributed by atoms with Crippen molar-refractivity contribution in [3.05, 3.63) is 29.8 Å². The maximum absolute atomic E-state index is 5.14. The fraction of sp³-hybridized carbons (Fsp3) is 0.222. The van der Waals surface area contributed by atoms with Crippen LogP contribution in [0.2, 0.25) is 0 Å². The van der Waals surface area contributed by atoms with Crippen molar-refractivity contribution in [2.45, 2.75) is 6.61 Å². The molecule has 0 unspecified atom stereocenters. The Labute approximate surface area is 82.3 Å². The molecular formula is C9H14N3O2+. The van der Waals surface area contributed by atoms with Gasteiger partial charge >= 0.3 is 5.96 Å². The van der Waals surface area contributed by atoms with Crippen LogP contribution in [0, 0.1) is 0 Å². The summed E-state index contributed by atoms with van der Waals surface area (Å²) in [5.74, 6) is 0.852. The van der Waals surface area contributed by atoms with Gasteiger partial charge in [-0.05, 0) is 17.7 Å². The van der Waals surface area contributed by atoms with Gasteiger partial charge in [0.2, 0.25) is 0 Å². The first-order valence-electron chi connectivity index (χ1n) is 4.11. The van der Waals surface area contributed by atoms with Gasteiger partial charge in [-0.1, -0.05) is 12.1 Å². The lowest BCUT2D eigenvalue weighted by Gasteiger charge is -2.01. The van der Waals surface area contributed by atoms with Crippen LogP contribution in [-0.4, -0.2) is 13.1 Å². The minimum absolute atomic E-state index is 0.0403. The van der Waals surface area contributed by atoms with Crippen LogP contribution in [0.25, 0.3) is 0 Å². The Morgan fingerprint density at radius 3 is 2.43 bits per heavy atom. The van der Waals surface area contributed by atoms with Crippen LogP contribution in [0.1, 0.15) is 5.56 Å². The van der Waals surface area contributed by atoms with E-state index in [4.69, 9.17) is 21.0 Å². The molecule has 0 aliphatic heterocycles. The number of guanidine groups is 1. The molecule has 0 saturated carbocycles. The number of benzene rings is 1. The molecule has 1 aromatic carbocycles. The Morgan fingerprint density at radius 2 is 1.93 bits per heavy atom. The first-order chi connectivity index (χ1) is 6.72. The molecule has 0 fully saturated rings. The molecule has 1 aromatic rings. The summed E-state index contributed by atoms with van der Waals surface area (Å²) in [7, 11) is 1.62. The van der Waals surface area contributed by atoms with E-state index in [1.807, 2.05) is 24.3 Å². The second-order valence-corrected chi connectivity index (χ2v) is 2.69. The minimum atomic E-state index is 0.0403. The van der Waals surface area contributed by atoms with Crippen LogP contribution in [0.3, 0.4) is 0 Å². The number of methoxy groups -OCH3 is 1. The number of nitrogens with one attached hydrogen (secondary N) is 1. The summed E-state index contributed by atoms with van der Waals surface area (Å²) < 4.78 is 5.01. The summed E-state index contributed by atoms with van der Waals surface area (Å²) in [4.78, 5) is 4.98. The molecule has 5 heteroatoms. The molecule has 0 spiro atoms. The molecule has 5 N–H and O–H groups in total. The zero-order valence-electron chi connectivity index (χ0n) is 7.99. The Hall–Kier alpha value is -1.91. The van der Waals surface area contributed by atoms with Crippen molar-refractivity contribution >= 4 is 5.96 Å². The van der Waals surface area contributed by atoms with E-state index < -0.39 is 0 Å². The molecule has 0 radical (unpaired) electrons. The zero-order chi connectivity index (χ0) is 10.4. The van der Waals surface area contributed by atoms with Gasteiger partial charge in [-0.15, -0.1) is 5.16 Å². The average Bonchev–Trinajstić information content (AvgIpc) is 2.18. The predicted molar refractivity (Wildman–Crippen MR) is 52.1 cm³/mol. The SMILES string of the molecule is COc1ccc(CO[NH+]=C(N)N)cc1. The van der Waals surface area contributed by atoms with E-state index in [1.165, 1.54) is 0 Å². The third kappa shape index (κ3) is 3.22. The lowest BCUT2D eigenvalue weighted by atomic mass is 10.2. The largest absolute Gasteiger partial charge is 0.497 e. The smallest absolute Gasteiger partial charge is 0.375 e. The quantitative estimate of drug-likeness (QED) is 0.310. The number of rotatable bonds is 4. The monoisotopic (exact) mass is 196 g/mol. The van der Waals surface area contributed by atoms with Gasteiger partial charge < -0.3 is 9.57 Å². The van der Waals surface area contributed by atoms with E-state index in [0.29, 0.717) is 6.61 Å². The molecule has 0 aromatic heterocycles. The number of ether oxygens (including phenoxy) is 1. The standard InChI is InChI=1S/C9H13N3O2/c1-13-8-4-2-7(3-5-8)6-14-12-9(10)11/h2-5H,6H2,1H3,(H4,10,11,12)/p+1. The van der Waals surface area contributed by atoms with Crippen molar-refractivity contribution in [2.75, 3.05) is 7.11 Å². The summed E-state index contributed by atoms with van der Waals surface area (Å²) in [6.45, 7) is 0.391. The molecule has 5 nitrogen and oxygen atoms in total. The van der Waals surface area contributed by atoms with E-state index in [1.54, 1.807) is 7.11 Å². The highest BCUT2D eigenvalue weighted by molar-refractivity contribution is 5.68. The first-order valence-corrected chi connectivity index (χ1v) is 4.11. The van der Waals surface area contributed by atoms with E-state index in [-0.39, 0.29) is 5.96 Å². The maximum atomic E-state index is 5.14. The summed E-state index contributed by atoms with van der Waals surface area (Å²) in [5.41, 5.74) is 11.3. The second-order valence-electron chi connectivity index (χ2n) is 2.69. The van der Waals surface area contributed by atoms with Crippen LogP contribution in [0.4, 0.5) is 0 Å². The molecule has 76 valence electrons. The summed E-state index contributed by atoms with van der Waals surface area (Å²) >= 11 is 0. The third-order valence-corrected chi connectivity index (χ3v) is 1.59. The molecular weight excluding hydrogens is 182 g/mol. The highest BCUT2D eigenvalue weighted by atomic mass is 16.6. The van der Waals surface area contributed by atoms with E-state index in [0.717, 1.165) is 11.3 Å². The van der Waals surface area contributed by atoms with Crippen molar-refractivity contribution < 1.29 is 14.7 Å². The average molecular weight is 196 g/mol. The van der Waals surface area contributed by atoms with Gasteiger partial charge in [0.05, 0.1) is 7.11 Å². The lowest BCUT2D eigenvalue weighted by molar-refractivity contribution is -0.759. The Balaban J connectivity index is 2.48. The first kappa shape index (κ1) is 10.2. The number of hydrogen-bond donors (Lipinski definition) is 3. The van der Waals surface area contributed by atoms with Crippen LogP contribution in [0.5, 0.6) is 5.75 Å². The van der Waals surface area contributed by atoms with Crippen LogP contribution in [-0.2, 0) is 11.4 Å². The van der Waals surface area contributed by atoms with Gasteiger partial charge in [0, 0.05) is 0 Å². The molecule has 0 amide bonds. The minimum Gasteiger partial charge on any atom is -0.497 e. The van der Waals surface area contributed by atoms with Crippen molar-refractivity contribution in [1.29, 1.82) is 0 Å². The summed E-state index contributed by atoms with van der Waals surface area (Å²) in [5, 5.41) is 2.36. The van der Waals surface area contributed by atoms with Crippen LogP contribution < -0.4 is 21.4 Å². The third-order valence-electron chi connectivity index (χ3n) is 1.59. The molecule has 0 atom stereocenters. The fourth-order valence-corrected chi connectivity index (χ4v) is 0.925. The predicted octanol–water partition coefficient (Wildman–Crippen LogP) is -1.52. The zero-order valence-corrected chi connectivity index (χ0v) is 7.99. The molecule has 0 aliphatic rings. The molecule has 0 bridgehead atoms. The van der Waals surface area contributed by atoms with Gasteiger partial charge in [-0.2, -0.15) is 0 Å². The van der Waals surface area contributed by atoms with E-state index >= 15 is 0 Å². The molecule has 0 saturated heterocycles. The summed E-state index contributed by atoms with van der Waals surface area (Å²) in [6.07, 6.45) is 0. The van der Waals surface area contributed by atoms with Gasteiger partial charge in [0.15, 0.2) is 6.61 Å². The Bertz CT molecular complexity index is 304. The molecule has 14 heavy (non-hydrogen) atoms. The number of nitrogens with two attached hydrogens (primary N) is 2. The van der Waals surface area contributed by atoms with Gasteiger partial charge in [-0.3, -0.25) is 11.5 Å². The van der Waals surface area contributed by atoms with Crippen molar-refractivity contribution in [2.24, 2.45) is 11.5 Å². The highest BCUT2D eigenvalue weighted by Gasteiger charge is 1.95. The normalized spacial score (nSPS) is 9.21. The lowest BCUT2D eigenvalue weighted by Crippen LogP contribution is -2.76. The second kappa shape index (κ2) is 4.96. The van der Waals surface area contributed by atoms with Crippen molar-refractivity contribution in [1.82, 2.24) is 0 Å². The highest BCUT2D eigenvalue weighted by Crippen LogP contribution is 2.10. The van der Waals surface area contributed by atoms with Crippen molar-refractivity contribution in [3.63, 3.8) is 0 Å². The van der Waals surface area contributed by atoms with E-state index in [2.05, 4.69) is 5.16 Å². The van der Waals surface area contributed by atoms with Crippen molar-refractivity contribution in [3.8, 4) is 5.75 Å². The van der Waals surface area contributed by atoms with Crippen LogP contribution >= 0.6 is 0 Å². The number of hydrogen-bond acceptors (Lipinski definition) is 2. The van der Waals surface area contributed by atoms with E-state index in [9.17, 15) is 0 Å². The molecule has 0 heterocycles. The maximum Gasteiger partial charge on any atom is 0.375 e. The Morgan fingerprint density at radius 1 is 1.29 bits per heavy atom. The fourth-order valence-electron chi connectivity index (χ4n) is 0.925. The molecule has 0 aliphatic carbocycles. The van der Waals surface area contributed by atoms with Gasteiger partial charge in [0.25, 0.3) is 0 Å². The Kier molecular flexibility index (Phi) is 3.60. The van der Waals surface area contributed by atoms with Gasteiger partial charge in [-0.25, -0.2) is 0 Å². The van der Waals surface area contributed by atoms with Gasteiger partial charge in [0.1, 0.15) is 5.75 Å².